The molecule has 226 valence electrons. The molecule has 3 rings (SSSR count). The molecule has 3 aromatic rings. The number of anilines is 4. The second-order valence-corrected chi connectivity index (χ2v) is 11.9. The zero-order valence-electron chi connectivity index (χ0n) is 20.3. The average molecular weight is 667 g/mol. The monoisotopic (exact) mass is 666 g/mol. The van der Waals surface area contributed by atoms with Gasteiger partial charge in [0.15, 0.2) is 0 Å². The van der Waals surface area contributed by atoms with Crippen LogP contribution in [0.3, 0.4) is 0 Å². The van der Waals surface area contributed by atoms with Crippen LogP contribution in [-0.2, 0) is 39.0 Å². The number of amides is 2. The average Bonchev–Trinajstić information content (AvgIpc) is 2.91. The molecule has 0 bridgehead atoms. The van der Waals surface area contributed by atoms with E-state index in [4.69, 9.17) is 22.0 Å². The first-order valence-corrected chi connectivity index (χ1v) is 14.9. The maximum Gasteiger partial charge on any atom is 0.296 e. The van der Waals surface area contributed by atoms with Crippen molar-refractivity contribution in [3.05, 3.63) is 59.7 Å². The molecule has 0 aromatic heterocycles. The van der Waals surface area contributed by atoms with Crippen molar-refractivity contribution in [3.8, 4) is 0 Å². The van der Waals surface area contributed by atoms with Crippen molar-refractivity contribution in [2.45, 2.75) is 19.6 Å². The van der Waals surface area contributed by atoms with Crippen molar-refractivity contribution in [1.29, 1.82) is 0 Å². The Morgan fingerprint density at radius 2 is 1.14 bits per heavy atom. The van der Waals surface area contributed by atoms with Crippen LogP contribution in [0.4, 0.5) is 22.7 Å². The fraction of sp³-hybridized carbons (Fsp3) is 0. The van der Waals surface area contributed by atoms with E-state index in [1.807, 2.05) is 0 Å². The summed E-state index contributed by atoms with van der Waals surface area (Å²) in [6.07, 6.45) is 0. The van der Waals surface area contributed by atoms with Crippen LogP contribution >= 0.6 is 24.1 Å². The second-order valence-electron chi connectivity index (χ2n) is 7.66. The molecule has 0 unspecified atom stereocenters. The molecule has 0 spiro atoms. The van der Waals surface area contributed by atoms with Crippen molar-refractivity contribution >= 4 is 78.9 Å². The largest absolute Gasteiger partial charge is 0.398 e. The van der Waals surface area contributed by atoms with Gasteiger partial charge in [-0.15, -0.1) is 8.67 Å². The van der Waals surface area contributed by atoms with Gasteiger partial charge in [-0.25, -0.2) is 10.5 Å². The van der Waals surface area contributed by atoms with E-state index >= 15 is 0 Å². The van der Waals surface area contributed by atoms with Crippen molar-refractivity contribution < 1.29 is 64.8 Å². The number of benzene rings is 3. The number of nitrogens with two attached hydrogens (primary N) is 2. The maximum atomic E-state index is 12.8. The molecular formula is C20H18N4O14S4. The molecule has 2 amide bonds. The highest BCUT2D eigenvalue weighted by molar-refractivity contribution is 7.95. The summed E-state index contributed by atoms with van der Waals surface area (Å²) in [5.74, 6) is -1.72. The highest BCUT2D eigenvalue weighted by Crippen LogP contribution is 2.36. The summed E-state index contributed by atoms with van der Waals surface area (Å²) in [6.45, 7) is 0. The normalized spacial score (nSPS) is 11.7. The van der Waals surface area contributed by atoms with Gasteiger partial charge in [0.1, 0.15) is 9.79 Å². The van der Waals surface area contributed by atoms with Crippen molar-refractivity contribution in [2.24, 2.45) is 0 Å². The molecule has 10 N–H and O–H groups in total. The quantitative estimate of drug-likeness (QED) is 0.0453. The lowest BCUT2D eigenvalue weighted by molar-refractivity contribution is -0.432. The number of nitrogen functional groups attached to an aromatic ring is 2. The van der Waals surface area contributed by atoms with Crippen LogP contribution in [0.1, 0.15) is 20.7 Å². The molecule has 42 heavy (non-hydrogen) atoms. The molecule has 0 saturated carbocycles. The predicted octanol–water partition coefficient (Wildman–Crippen LogP) is 2.71. The van der Waals surface area contributed by atoms with Gasteiger partial charge in [-0.1, -0.05) is 10.1 Å². The molecule has 0 saturated heterocycles. The summed E-state index contributed by atoms with van der Waals surface area (Å²) in [4.78, 5) is 24.1. The Balaban J connectivity index is 1.86. The van der Waals surface area contributed by atoms with Gasteiger partial charge >= 0.3 is 0 Å². The van der Waals surface area contributed by atoms with Crippen LogP contribution in [0.5, 0.6) is 0 Å². The lowest BCUT2D eigenvalue weighted by Gasteiger charge is -2.14. The summed E-state index contributed by atoms with van der Waals surface area (Å²) >= 11 is 0.705. The van der Waals surface area contributed by atoms with Gasteiger partial charge in [-0.2, -0.15) is 16.8 Å². The third kappa shape index (κ3) is 8.28. The van der Waals surface area contributed by atoms with Gasteiger partial charge in [0.05, 0.1) is 50.9 Å². The summed E-state index contributed by atoms with van der Waals surface area (Å²) in [5.41, 5.74) is 9.92. The number of carbonyl (C=O) groups is 2. The van der Waals surface area contributed by atoms with Gasteiger partial charge in [0.25, 0.3) is 32.1 Å². The molecule has 0 fully saturated rings. The lowest BCUT2D eigenvalue weighted by atomic mass is 10.1. The van der Waals surface area contributed by atoms with E-state index in [2.05, 4.69) is 29.4 Å². The fourth-order valence-electron chi connectivity index (χ4n) is 3.19. The van der Waals surface area contributed by atoms with Gasteiger partial charge in [0.2, 0.25) is 0 Å². The topological polar surface area (TPSA) is 296 Å². The smallest absolute Gasteiger partial charge is 0.296 e. The molecule has 3 aromatic carbocycles. The first-order valence-electron chi connectivity index (χ1n) is 10.5. The summed E-state index contributed by atoms with van der Waals surface area (Å²) in [5, 5.41) is 28.3. The van der Waals surface area contributed by atoms with E-state index in [0.717, 1.165) is 24.3 Å². The minimum Gasteiger partial charge on any atom is -0.398 e. The Morgan fingerprint density at radius 1 is 0.667 bits per heavy atom. The van der Waals surface area contributed by atoms with E-state index < -0.39 is 53.2 Å². The molecule has 0 aliphatic heterocycles. The second kappa shape index (κ2) is 13.6. The van der Waals surface area contributed by atoms with E-state index in [0.29, 0.717) is 24.1 Å². The summed E-state index contributed by atoms with van der Waals surface area (Å²) < 4.78 is 74.4. The van der Waals surface area contributed by atoms with E-state index in [9.17, 15) is 35.5 Å². The van der Waals surface area contributed by atoms with E-state index in [1.165, 1.54) is 24.3 Å². The minimum absolute atomic E-state index is 0.00734. The summed E-state index contributed by atoms with van der Waals surface area (Å²) in [6, 6.07) is 8.43. The molecule has 22 heteroatoms. The molecule has 18 nitrogen and oxygen atoms in total. The van der Waals surface area contributed by atoms with Gasteiger partial charge < -0.3 is 22.1 Å². The van der Waals surface area contributed by atoms with Crippen molar-refractivity contribution in [3.63, 3.8) is 0 Å². The van der Waals surface area contributed by atoms with Crippen LogP contribution in [-0.4, -0.2) is 48.3 Å². The standard InChI is InChI=1S/C20H18N4O14S4/c21-11-6-18(42(32,33)34)14(7-15(11)39-37-35-27)24-20(26)10-3-1-9(2-4-10)19(25)23-13-8-17(41(29,30)31)12(22)5-16(13)40-38-36-28/h1-8,27-28H,21-22H2,(H,23,25)(H,24,26)(H,29,30,31)(H,32,33,34). The lowest BCUT2D eigenvalue weighted by Crippen LogP contribution is -2.17. The number of hydrogen-bond donors (Lipinski definition) is 8. The molecule has 0 atom stereocenters. The molecular weight excluding hydrogens is 649 g/mol. The number of nitrogens with one attached hydrogen (secondary N) is 2. The van der Waals surface area contributed by atoms with Gasteiger partial charge in [-0.3, -0.25) is 18.7 Å². The van der Waals surface area contributed by atoms with E-state index in [-0.39, 0.29) is 32.3 Å². The first-order chi connectivity index (χ1) is 19.6. The Kier molecular flexibility index (Phi) is 10.7. The minimum atomic E-state index is -4.87. The van der Waals surface area contributed by atoms with Gasteiger partial charge in [0, 0.05) is 16.8 Å². The predicted molar refractivity (Wildman–Crippen MR) is 145 cm³/mol. The number of carbonyl (C=O) groups excluding carboxylic acids is 2. The van der Waals surface area contributed by atoms with Crippen LogP contribution in [0.15, 0.2) is 68.1 Å². The van der Waals surface area contributed by atoms with Gasteiger partial charge in [-0.05, 0) is 48.5 Å². The molecule has 0 aliphatic carbocycles. The Bertz CT molecular complexity index is 1720. The third-order valence-corrected chi connectivity index (χ3v) is 8.11. The molecule has 0 radical (unpaired) electrons. The zero-order chi connectivity index (χ0) is 31.2. The van der Waals surface area contributed by atoms with Crippen molar-refractivity contribution in [1.82, 2.24) is 0 Å². The number of rotatable bonds is 12. The van der Waals surface area contributed by atoms with Crippen LogP contribution in [0.25, 0.3) is 0 Å². The third-order valence-electron chi connectivity index (χ3n) is 4.99. The Labute approximate surface area is 244 Å². The molecule has 0 aliphatic rings. The Hall–Kier alpha value is -3.52. The highest BCUT2D eigenvalue weighted by atomic mass is 32.2. The zero-order valence-corrected chi connectivity index (χ0v) is 23.5. The van der Waals surface area contributed by atoms with E-state index in [1.54, 1.807) is 0 Å². The maximum absolute atomic E-state index is 12.8. The fourth-order valence-corrected chi connectivity index (χ4v) is 5.38. The summed E-state index contributed by atoms with van der Waals surface area (Å²) in [7, 11) is -9.66. The van der Waals surface area contributed by atoms with Crippen LogP contribution in [0.2, 0.25) is 0 Å². The van der Waals surface area contributed by atoms with Crippen LogP contribution < -0.4 is 22.1 Å². The SMILES string of the molecule is Nc1cc(S(=O)(=O)O)c(NC(=O)c2ccc(C(=O)Nc3cc(S(=O)(=O)O)c(N)cc3SOOO)cc2)cc1SOOO. The van der Waals surface area contributed by atoms with Crippen molar-refractivity contribution in [2.75, 3.05) is 22.1 Å². The Morgan fingerprint density at radius 3 is 1.62 bits per heavy atom. The number of hydrogen-bond acceptors (Lipinski definition) is 16. The first kappa shape index (κ1) is 33.0. The highest BCUT2D eigenvalue weighted by Gasteiger charge is 2.23. The molecule has 0 heterocycles. The van der Waals surface area contributed by atoms with Crippen LogP contribution in [0, 0.1) is 0 Å².